The molecule has 3 heteroatoms. The van der Waals surface area contributed by atoms with Crippen LogP contribution in [0.5, 0.6) is 5.75 Å². The Kier molecular flexibility index (Phi) is 5.95. The highest BCUT2D eigenvalue weighted by Crippen LogP contribution is 2.17. The first-order chi connectivity index (χ1) is 10.3. The van der Waals surface area contributed by atoms with Gasteiger partial charge in [0.1, 0.15) is 12.0 Å². The van der Waals surface area contributed by atoms with Gasteiger partial charge in [-0.3, -0.25) is 9.78 Å². The fraction of sp³-hybridized carbons (Fsp3) is 0.333. The maximum Gasteiger partial charge on any atom is 0.150 e. The van der Waals surface area contributed by atoms with E-state index in [4.69, 9.17) is 0 Å². The van der Waals surface area contributed by atoms with Gasteiger partial charge >= 0.3 is 0 Å². The number of phenolic OH excluding ortho intramolecular Hbond substituents is 1. The Balaban J connectivity index is 1.66. The van der Waals surface area contributed by atoms with E-state index in [0.29, 0.717) is 5.56 Å². The van der Waals surface area contributed by atoms with Crippen LogP contribution in [0, 0.1) is 0 Å². The van der Waals surface area contributed by atoms with E-state index in [2.05, 4.69) is 17.1 Å². The molecular weight excluding hydrogens is 262 g/mol. The SMILES string of the molecule is O=Cc1cc(O)cc(CCCCCCc2ccncc2)c1. The topological polar surface area (TPSA) is 50.2 Å². The van der Waals surface area contributed by atoms with Crippen LogP contribution in [0.3, 0.4) is 0 Å². The average molecular weight is 283 g/mol. The zero-order valence-electron chi connectivity index (χ0n) is 12.2. The third kappa shape index (κ3) is 5.38. The summed E-state index contributed by atoms with van der Waals surface area (Å²) in [7, 11) is 0. The molecule has 0 aliphatic carbocycles. The molecule has 2 rings (SSSR count). The quantitative estimate of drug-likeness (QED) is 0.589. The second-order valence-corrected chi connectivity index (χ2v) is 5.32. The largest absolute Gasteiger partial charge is 0.508 e. The number of rotatable bonds is 8. The minimum absolute atomic E-state index is 0.173. The number of aromatic hydroxyl groups is 1. The second kappa shape index (κ2) is 8.20. The number of hydrogen-bond acceptors (Lipinski definition) is 3. The van der Waals surface area contributed by atoms with E-state index in [1.807, 2.05) is 18.5 Å². The van der Waals surface area contributed by atoms with E-state index >= 15 is 0 Å². The average Bonchev–Trinajstić information content (AvgIpc) is 2.51. The molecule has 0 fully saturated rings. The van der Waals surface area contributed by atoms with Crippen LogP contribution in [0.1, 0.15) is 47.2 Å². The van der Waals surface area contributed by atoms with E-state index in [0.717, 1.165) is 37.5 Å². The lowest BCUT2D eigenvalue weighted by Gasteiger charge is -2.04. The van der Waals surface area contributed by atoms with Gasteiger partial charge in [-0.25, -0.2) is 0 Å². The number of hydrogen-bond donors (Lipinski definition) is 1. The Bertz CT molecular complexity index is 567. The highest BCUT2D eigenvalue weighted by atomic mass is 16.3. The lowest BCUT2D eigenvalue weighted by Crippen LogP contribution is -1.90. The van der Waals surface area contributed by atoms with Gasteiger partial charge in [-0.15, -0.1) is 0 Å². The molecule has 0 bridgehead atoms. The number of unbranched alkanes of at least 4 members (excludes halogenated alkanes) is 3. The Morgan fingerprint density at radius 2 is 1.57 bits per heavy atom. The molecule has 0 amide bonds. The molecule has 1 aromatic heterocycles. The van der Waals surface area contributed by atoms with Gasteiger partial charge in [-0.1, -0.05) is 12.8 Å². The number of benzene rings is 1. The van der Waals surface area contributed by atoms with Crippen LogP contribution >= 0.6 is 0 Å². The van der Waals surface area contributed by atoms with Crippen molar-refractivity contribution in [2.24, 2.45) is 0 Å². The molecule has 0 saturated heterocycles. The van der Waals surface area contributed by atoms with E-state index in [1.54, 1.807) is 6.07 Å². The predicted octanol–water partition coefficient (Wildman–Crippen LogP) is 3.95. The van der Waals surface area contributed by atoms with Crippen LogP contribution in [0.25, 0.3) is 0 Å². The molecule has 0 radical (unpaired) electrons. The number of aromatic nitrogens is 1. The summed E-state index contributed by atoms with van der Waals surface area (Å²) in [4.78, 5) is 14.8. The zero-order chi connectivity index (χ0) is 14.9. The fourth-order valence-corrected chi connectivity index (χ4v) is 2.47. The van der Waals surface area contributed by atoms with Gasteiger partial charge in [0.05, 0.1) is 0 Å². The van der Waals surface area contributed by atoms with Crippen molar-refractivity contribution in [1.82, 2.24) is 4.98 Å². The number of pyridine rings is 1. The molecule has 0 atom stereocenters. The molecule has 21 heavy (non-hydrogen) atoms. The molecule has 1 N–H and O–H groups in total. The summed E-state index contributed by atoms with van der Waals surface area (Å²) in [6, 6.07) is 9.21. The van der Waals surface area contributed by atoms with Gasteiger partial charge in [0.25, 0.3) is 0 Å². The molecule has 0 spiro atoms. The molecular formula is C18H21NO2. The maximum atomic E-state index is 10.7. The van der Waals surface area contributed by atoms with Crippen molar-refractivity contribution in [1.29, 1.82) is 0 Å². The van der Waals surface area contributed by atoms with Gasteiger partial charge in [-0.05, 0) is 67.1 Å². The zero-order valence-corrected chi connectivity index (χ0v) is 12.2. The summed E-state index contributed by atoms with van der Waals surface area (Å²) >= 11 is 0. The standard InChI is InChI=1S/C18H21NO2/c20-14-17-11-16(12-18(21)13-17)6-4-2-1-3-5-15-7-9-19-10-8-15/h7-14,21H,1-6H2. The molecule has 2 aromatic rings. The van der Waals surface area contributed by atoms with Crippen LogP contribution in [0.15, 0.2) is 42.7 Å². The molecule has 0 aliphatic heterocycles. The third-order valence-corrected chi connectivity index (χ3v) is 3.57. The lowest BCUT2D eigenvalue weighted by molar-refractivity contribution is 0.112. The molecule has 0 unspecified atom stereocenters. The number of carbonyl (C=O) groups is 1. The molecule has 0 saturated carbocycles. The van der Waals surface area contributed by atoms with Crippen molar-refractivity contribution in [2.45, 2.75) is 38.5 Å². The van der Waals surface area contributed by atoms with Crippen molar-refractivity contribution in [3.63, 3.8) is 0 Å². The van der Waals surface area contributed by atoms with Crippen molar-refractivity contribution >= 4 is 6.29 Å². The number of phenols is 1. The summed E-state index contributed by atoms with van der Waals surface area (Å²) in [5, 5.41) is 9.53. The summed E-state index contributed by atoms with van der Waals surface area (Å²) < 4.78 is 0. The van der Waals surface area contributed by atoms with Crippen molar-refractivity contribution < 1.29 is 9.90 Å². The smallest absolute Gasteiger partial charge is 0.150 e. The predicted molar refractivity (Wildman–Crippen MR) is 83.6 cm³/mol. The fourth-order valence-electron chi connectivity index (χ4n) is 2.47. The second-order valence-electron chi connectivity index (χ2n) is 5.32. The van der Waals surface area contributed by atoms with Gasteiger partial charge < -0.3 is 5.11 Å². The number of aldehydes is 1. The minimum atomic E-state index is 0.173. The first kappa shape index (κ1) is 15.2. The summed E-state index contributed by atoms with van der Waals surface area (Å²) in [5.41, 5.74) is 2.92. The van der Waals surface area contributed by atoms with Gasteiger partial charge in [0.2, 0.25) is 0 Å². The van der Waals surface area contributed by atoms with E-state index in [9.17, 15) is 9.90 Å². The monoisotopic (exact) mass is 283 g/mol. The summed E-state index contributed by atoms with van der Waals surface area (Å²) in [6.45, 7) is 0. The van der Waals surface area contributed by atoms with Crippen LogP contribution in [0.2, 0.25) is 0 Å². The molecule has 1 aromatic carbocycles. The first-order valence-corrected chi connectivity index (χ1v) is 7.45. The van der Waals surface area contributed by atoms with E-state index in [-0.39, 0.29) is 5.75 Å². The molecule has 110 valence electrons. The van der Waals surface area contributed by atoms with Crippen molar-refractivity contribution in [2.75, 3.05) is 0 Å². The van der Waals surface area contributed by atoms with E-state index < -0.39 is 0 Å². The highest BCUT2D eigenvalue weighted by Gasteiger charge is 2.00. The van der Waals surface area contributed by atoms with Gasteiger partial charge in [0.15, 0.2) is 0 Å². The maximum absolute atomic E-state index is 10.7. The molecule has 3 nitrogen and oxygen atoms in total. The lowest BCUT2D eigenvalue weighted by atomic mass is 10.0. The number of nitrogens with zero attached hydrogens (tertiary/aromatic N) is 1. The summed E-state index contributed by atoms with van der Waals surface area (Å²) in [6.07, 6.45) is 11.1. The van der Waals surface area contributed by atoms with Crippen LogP contribution < -0.4 is 0 Å². The highest BCUT2D eigenvalue weighted by molar-refractivity contribution is 5.75. The van der Waals surface area contributed by atoms with Crippen LogP contribution in [-0.2, 0) is 12.8 Å². The normalized spacial score (nSPS) is 10.5. The number of carbonyl (C=O) groups excluding carboxylic acids is 1. The van der Waals surface area contributed by atoms with E-state index in [1.165, 1.54) is 24.5 Å². The number of aryl methyl sites for hydroxylation is 2. The molecule has 0 aliphatic rings. The van der Waals surface area contributed by atoms with Crippen molar-refractivity contribution in [3.8, 4) is 5.75 Å². The Labute approximate surface area is 125 Å². The Morgan fingerprint density at radius 3 is 2.24 bits per heavy atom. The summed E-state index contributed by atoms with van der Waals surface area (Å²) in [5.74, 6) is 0.173. The van der Waals surface area contributed by atoms with Crippen LogP contribution in [-0.4, -0.2) is 16.4 Å². The Morgan fingerprint density at radius 1 is 0.905 bits per heavy atom. The minimum Gasteiger partial charge on any atom is -0.508 e. The molecule has 1 heterocycles. The van der Waals surface area contributed by atoms with Gasteiger partial charge in [-0.2, -0.15) is 0 Å². The van der Waals surface area contributed by atoms with Crippen molar-refractivity contribution in [3.05, 3.63) is 59.4 Å². The van der Waals surface area contributed by atoms with Gasteiger partial charge in [0, 0.05) is 18.0 Å². The Hall–Kier alpha value is -2.16. The first-order valence-electron chi connectivity index (χ1n) is 7.45. The third-order valence-electron chi connectivity index (χ3n) is 3.57. The van der Waals surface area contributed by atoms with Crippen LogP contribution in [0.4, 0.5) is 0 Å².